The van der Waals surface area contributed by atoms with Crippen LogP contribution in [0.5, 0.6) is 5.75 Å². The molecule has 0 saturated heterocycles. The maximum Gasteiger partial charge on any atom is 0.167 e. The Morgan fingerprint density at radius 3 is 2.50 bits per heavy atom. The van der Waals surface area contributed by atoms with Gasteiger partial charge in [0.2, 0.25) is 0 Å². The lowest BCUT2D eigenvalue weighted by atomic mass is 10.1. The molecular weight excluding hydrogens is 176 g/mol. The van der Waals surface area contributed by atoms with Gasteiger partial charge >= 0.3 is 0 Å². The SMILES string of the molecule is COc1c(-c2ccccc2)coc1C. The van der Waals surface area contributed by atoms with E-state index in [1.807, 2.05) is 37.3 Å². The average Bonchev–Trinajstić information content (AvgIpc) is 2.61. The van der Waals surface area contributed by atoms with Gasteiger partial charge in [0.1, 0.15) is 12.0 Å². The summed E-state index contributed by atoms with van der Waals surface area (Å²) in [5, 5.41) is 0. The molecule has 2 nitrogen and oxygen atoms in total. The van der Waals surface area contributed by atoms with E-state index in [9.17, 15) is 0 Å². The molecule has 0 aliphatic heterocycles. The van der Waals surface area contributed by atoms with Crippen LogP contribution in [0.4, 0.5) is 0 Å². The summed E-state index contributed by atoms with van der Waals surface area (Å²) in [6.45, 7) is 1.89. The minimum Gasteiger partial charge on any atom is -0.492 e. The van der Waals surface area contributed by atoms with E-state index in [0.29, 0.717) is 0 Å². The summed E-state index contributed by atoms with van der Waals surface area (Å²) in [6.07, 6.45) is 1.73. The van der Waals surface area contributed by atoms with Gasteiger partial charge in [-0.15, -0.1) is 0 Å². The molecular formula is C12H12O2. The molecule has 14 heavy (non-hydrogen) atoms. The molecule has 0 spiro atoms. The number of rotatable bonds is 2. The quantitative estimate of drug-likeness (QED) is 0.721. The van der Waals surface area contributed by atoms with Gasteiger partial charge in [-0.3, -0.25) is 0 Å². The second kappa shape index (κ2) is 3.58. The first-order valence-electron chi connectivity index (χ1n) is 4.50. The monoisotopic (exact) mass is 188 g/mol. The molecule has 1 aromatic heterocycles. The van der Waals surface area contributed by atoms with Crippen molar-refractivity contribution in [3.05, 3.63) is 42.4 Å². The van der Waals surface area contributed by atoms with Crippen molar-refractivity contribution in [1.82, 2.24) is 0 Å². The molecule has 0 radical (unpaired) electrons. The third kappa shape index (κ3) is 1.39. The first-order valence-corrected chi connectivity index (χ1v) is 4.50. The van der Waals surface area contributed by atoms with Crippen LogP contribution < -0.4 is 4.74 Å². The lowest BCUT2D eigenvalue weighted by molar-refractivity contribution is 0.398. The molecule has 1 heterocycles. The molecule has 2 rings (SSSR count). The smallest absolute Gasteiger partial charge is 0.167 e. The fraction of sp³-hybridized carbons (Fsp3) is 0.167. The number of hydrogen-bond donors (Lipinski definition) is 0. The summed E-state index contributed by atoms with van der Waals surface area (Å²) in [7, 11) is 1.66. The van der Waals surface area contributed by atoms with E-state index in [2.05, 4.69) is 0 Å². The highest BCUT2D eigenvalue weighted by Gasteiger charge is 2.11. The largest absolute Gasteiger partial charge is 0.492 e. The highest BCUT2D eigenvalue weighted by Crippen LogP contribution is 2.34. The molecule has 0 N–H and O–H groups in total. The van der Waals surface area contributed by atoms with Gasteiger partial charge in [0, 0.05) is 0 Å². The Labute approximate surface area is 83.1 Å². The van der Waals surface area contributed by atoms with Gasteiger partial charge < -0.3 is 9.15 Å². The summed E-state index contributed by atoms with van der Waals surface area (Å²) in [4.78, 5) is 0. The summed E-state index contributed by atoms with van der Waals surface area (Å²) in [5.41, 5.74) is 2.12. The normalized spacial score (nSPS) is 10.1. The van der Waals surface area contributed by atoms with Crippen LogP contribution in [0, 0.1) is 6.92 Å². The topological polar surface area (TPSA) is 22.4 Å². The predicted molar refractivity (Wildman–Crippen MR) is 55.4 cm³/mol. The minimum absolute atomic E-state index is 0.811. The molecule has 1 aromatic carbocycles. The van der Waals surface area contributed by atoms with Crippen molar-refractivity contribution < 1.29 is 9.15 Å². The second-order valence-corrected chi connectivity index (χ2v) is 3.10. The fourth-order valence-electron chi connectivity index (χ4n) is 1.51. The fourth-order valence-corrected chi connectivity index (χ4v) is 1.51. The van der Waals surface area contributed by atoms with E-state index in [1.54, 1.807) is 13.4 Å². The minimum atomic E-state index is 0.811. The Kier molecular flexibility index (Phi) is 2.27. The molecule has 2 aromatic rings. The molecule has 72 valence electrons. The van der Waals surface area contributed by atoms with Crippen LogP contribution in [0.1, 0.15) is 5.76 Å². The van der Waals surface area contributed by atoms with E-state index >= 15 is 0 Å². The van der Waals surface area contributed by atoms with Gasteiger partial charge in [0.25, 0.3) is 0 Å². The molecule has 0 atom stereocenters. The lowest BCUT2D eigenvalue weighted by Crippen LogP contribution is -1.85. The molecule has 0 aliphatic rings. The number of benzene rings is 1. The van der Waals surface area contributed by atoms with E-state index < -0.39 is 0 Å². The first kappa shape index (κ1) is 8.88. The van der Waals surface area contributed by atoms with Crippen molar-refractivity contribution >= 4 is 0 Å². The lowest BCUT2D eigenvalue weighted by Gasteiger charge is -2.01. The van der Waals surface area contributed by atoms with Gasteiger partial charge in [-0.1, -0.05) is 30.3 Å². The van der Waals surface area contributed by atoms with Crippen molar-refractivity contribution in [2.75, 3.05) is 7.11 Å². The third-order valence-electron chi connectivity index (χ3n) is 2.21. The van der Waals surface area contributed by atoms with Crippen molar-refractivity contribution in [2.45, 2.75) is 6.92 Å². The van der Waals surface area contributed by atoms with E-state index in [4.69, 9.17) is 9.15 Å². The highest BCUT2D eigenvalue weighted by atomic mass is 16.5. The average molecular weight is 188 g/mol. The van der Waals surface area contributed by atoms with Crippen LogP contribution in [0.25, 0.3) is 11.1 Å². The zero-order chi connectivity index (χ0) is 9.97. The Bertz CT molecular complexity index is 415. The predicted octanol–water partition coefficient (Wildman–Crippen LogP) is 3.26. The van der Waals surface area contributed by atoms with Gasteiger partial charge in [0.15, 0.2) is 5.75 Å². The van der Waals surface area contributed by atoms with Gasteiger partial charge in [0.05, 0.1) is 12.7 Å². The van der Waals surface area contributed by atoms with Crippen molar-refractivity contribution in [2.24, 2.45) is 0 Å². The van der Waals surface area contributed by atoms with E-state index in [1.165, 1.54) is 0 Å². The summed E-state index contributed by atoms with van der Waals surface area (Å²) in [5.74, 6) is 1.63. The standard InChI is InChI=1S/C12H12O2/c1-9-12(13-2)11(8-14-9)10-6-4-3-5-7-10/h3-8H,1-2H3. The molecule has 0 aliphatic carbocycles. The van der Waals surface area contributed by atoms with Crippen LogP contribution in [-0.4, -0.2) is 7.11 Å². The first-order chi connectivity index (χ1) is 6.83. The number of aryl methyl sites for hydroxylation is 1. The van der Waals surface area contributed by atoms with Crippen LogP contribution in [-0.2, 0) is 0 Å². The van der Waals surface area contributed by atoms with Crippen LogP contribution in [0.2, 0.25) is 0 Å². The van der Waals surface area contributed by atoms with Gasteiger partial charge in [-0.05, 0) is 12.5 Å². The Hall–Kier alpha value is -1.70. The van der Waals surface area contributed by atoms with Crippen molar-refractivity contribution in [3.8, 4) is 16.9 Å². The number of methoxy groups -OCH3 is 1. The Morgan fingerprint density at radius 2 is 1.86 bits per heavy atom. The number of ether oxygens (including phenoxy) is 1. The van der Waals surface area contributed by atoms with Gasteiger partial charge in [-0.2, -0.15) is 0 Å². The van der Waals surface area contributed by atoms with E-state index in [-0.39, 0.29) is 0 Å². The molecule has 0 fully saturated rings. The highest BCUT2D eigenvalue weighted by molar-refractivity contribution is 5.70. The summed E-state index contributed by atoms with van der Waals surface area (Å²) >= 11 is 0. The second-order valence-electron chi connectivity index (χ2n) is 3.10. The van der Waals surface area contributed by atoms with Crippen LogP contribution >= 0.6 is 0 Å². The molecule has 2 heteroatoms. The zero-order valence-electron chi connectivity index (χ0n) is 8.28. The summed E-state index contributed by atoms with van der Waals surface area (Å²) < 4.78 is 10.6. The van der Waals surface area contributed by atoms with Crippen LogP contribution in [0.15, 0.2) is 41.0 Å². The maximum atomic E-state index is 5.32. The Balaban J connectivity index is 2.52. The van der Waals surface area contributed by atoms with Crippen molar-refractivity contribution in [1.29, 1.82) is 0 Å². The van der Waals surface area contributed by atoms with Crippen molar-refractivity contribution in [3.63, 3.8) is 0 Å². The number of furan rings is 1. The summed E-state index contributed by atoms with van der Waals surface area (Å²) in [6, 6.07) is 10.1. The Morgan fingerprint density at radius 1 is 1.14 bits per heavy atom. The van der Waals surface area contributed by atoms with E-state index in [0.717, 1.165) is 22.6 Å². The maximum absolute atomic E-state index is 5.32. The van der Waals surface area contributed by atoms with Crippen LogP contribution in [0.3, 0.4) is 0 Å². The molecule has 0 saturated carbocycles. The zero-order valence-corrected chi connectivity index (χ0v) is 8.28. The third-order valence-corrected chi connectivity index (χ3v) is 2.21. The molecule has 0 bridgehead atoms. The van der Waals surface area contributed by atoms with Gasteiger partial charge in [-0.25, -0.2) is 0 Å². The number of hydrogen-bond acceptors (Lipinski definition) is 2. The molecule has 0 unspecified atom stereocenters. The molecule has 0 amide bonds.